The number of esters is 1. The summed E-state index contributed by atoms with van der Waals surface area (Å²) in [5.41, 5.74) is 1.53. The lowest BCUT2D eigenvalue weighted by Gasteiger charge is -2.40. The molecule has 19 heavy (non-hydrogen) atoms. The largest absolute Gasteiger partial charge is 0.465 e. The highest BCUT2D eigenvalue weighted by molar-refractivity contribution is 5.90. The SMILES string of the molecule is COC(=O)c1cccc(N2CC(CO)NCC2C)c1. The highest BCUT2D eigenvalue weighted by Crippen LogP contribution is 2.21. The first kappa shape index (κ1) is 13.8. The molecule has 1 aromatic carbocycles. The van der Waals surface area contributed by atoms with E-state index in [0.29, 0.717) is 11.6 Å². The highest BCUT2D eigenvalue weighted by atomic mass is 16.5. The van der Waals surface area contributed by atoms with E-state index in [2.05, 4.69) is 17.1 Å². The number of hydrogen-bond donors (Lipinski definition) is 2. The number of piperazine rings is 1. The molecule has 5 nitrogen and oxygen atoms in total. The van der Waals surface area contributed by atoms with Crippen molar-refractivity contribution in [2.24, 2.45) is 0 Å². The molecule has 0 aliphatic carbocycles. The molecule has 5 heteroatoms. The van der Waals surface area contributed by atoms with Gasteiger partial charge in [0.15, 0.2) is 0 Å². The van der Waals surface area contributed by atoms with E-state index in [-0.39, 0.29) is 18.6 Å². The van der Waals surface area contributed by atoms with Gasteiger partial charge in [-0.3, -0.25) is 0 Å². The zero-order chi connectivity index (χ0) is 13.8. The Morgan fingerprint density at radius 1 is 1.58 bits per heavy atom. The van der Waals surface area contributed by atoms with Gasteiger partial charge in [0.1, 0.15) is 0 Å². The highest BCUT2D eigenvalue weighted by Gasteiger charge is 2.25. The Balaban J connectivity index is 2.22. The molecule has 104 valence electrons. The average Bonchev–Trinajstić information content (AvgIpc) is 2.47. The molecule has 0 radical (unpaired) electrons. The van der Waals surface area contributed by atoms with Crippen molar-refractivity contribution in [2.45, 2.75) is 19.0 Å². The number of nitrogens with zero attached hydrogens (tertiary/aromatic N) is 1. The van der Waals surface area contributed by atoms with Crippen LogP contribution in [0.4, 0.5) is 5.69 Å². The van der Waals surface area contributed by atoms with Crippen molar-refractivity contribution in [1.82, 2.24) is 5.32 Å². The van der Waals surface area contributed by atoms with Crippen molar-refractivity contribution in [2.75, 3.05) is 31.7 Å². The van der Waals surface area contributed by atoms with Crippen LogP contribution in [-0.4, -0.2) is 50.0 Å². The molecule has 1 aliphatic rings. The fourth-order valence-corrected chi connectivity index (χ4v) is 2.34. The fraction of sp³-hybridized carbons (Fsp3) is 0.500. The van der Waals surface area contributed by atoms with E-state index in [0.717, 1.165) is 18.8 Å². The van der Waals surface area contributed by atoms with Gasteiger partial charge in [0, 0.05) is 30.9 Å². The van der Waals surface area contributed by atoms with Crippen LogP contribution in [0.15, 0.2) is 24.3 Å². The summed E-state index contributed by atoms with van der Waals surface area (Å²) in [6.07, 6.45) is 0. The minimum atomic E-state index is -0.330. The Kier molecular flexibility index (Phi) is 4.39. The number of anilines is 1. The molecule has 0 aromatic heterocycles. The van der Waals surface area contributed by atoms with E-state index >= 15 is 0 Å². The first-order valence-corrected chi connectivity index (χ1v) is 6.45. The smallest absolute Gasteiger partial charge is 0.337 e. The van der Waals surface area contributed by atoms with Gasteiger partial charge in [0.05, 0.1) is 19.3 Å². The lowest BCUT2D eigenvalue weighted by atomic mass is 10.1. The Hall–Kier alpha value is -1.59. The number of ether oxygens (including phenoxy) is 1. The van der Waals surface area contributed by atoms with Crippen LogP contribution < -0.4 is 10.2 Å². The Labute approximate surface area is 113 Å². The number of aliphatic hydroxyl groups is 1. The first-order chi connectivity index (χ1) is 9.15. The van der Waals surface area contributed by atoms with E-state index < -0.39 is 0 Å². The number of carbonyl (C=O) groups excluding carboxylic acids is 1. The zero-order valence-electron chi connectivity index (χ0n) is 11.3. The van der Waals surface area contributed by atoms with Crippen molar-refractivity contribution >= 4 is 11.7 Å². The van der Waals surface area contributed by atoms with Gasteiger partial charge in [-0.1, -0.05) is 6.07 Å². The van der Waals surface area contributed by atoms with E-state index in [1.165, 1.54) is 7.11 Å². The minimum Gasteiger partial charge on any atom is -0.465 e. The predicted octanol–water partition coefficient (Wildman–Crippen LogP) is 0.632. The summed E-state index contributed by atoms with van der Waals surface area (Å²) in [7, 11) is 1.38. The lowest BCUT2D eigenvalue weighted by Crippen LogP contribution is -2.56. The summed E-state index contributed by atoms with van der Waals surface area (Å²) in [6.45, 7) is 3.77. The topological polar surface area (TPSA) is 61.8 Å². The molecule has 0 amide bonds. The Morgan fingerprint density at radius 3 is 3.05 bits per heavy atom. The third kappa shape index (κ3) is 3.05. The molecule has 0 spiro atoms. The second kappa shape index (κ2) is 6.04. The Bertz CT molecular complexity index is 450. The molecule has 1 aliphatic heterocycles. The van der Waals surface area contributed by atoms with E-state index in [1.807, 2.05) is 18.2 Å². The van der Waals surface area contributed by atoms with Crippen LogP contribution in [0.1, 0.15) is 17.3 Å². The van der Waals surface area contributed by atoms with Crippen molar-refractivity contribution in [3.63, 3.8) is 0 Å². The molecule has 0 bridgehead atoms. The number of rotatable bonds is 3. The van der Waals surface area contributed by atoms with Crippen LogP contribution in [0.5, 0.6) is 0 Å². The number of benzene rings is 1. The number of carbonyl (C=O) groups is 1. The van der Waals surface area contributed by atoms with Gasteiger partial charge in [-0.25, -0.2) is 4.79 Å². The monoisotopic (exact) mass is 264 g/mol. The van der Waals surface area contributed by atoms with Crippen LogP contribution >= 0.6 is 0 Å². The van der Waals surface area contributed by atoms with Crippen molar-refractivity contribution in [3.05, 3.63) is 29.8 Å². The maximum Gasteiger partial charge on any atom is 0.337 e. The van der Waals surface area contributed by atoms with Crippen LogP contribution in [0, 0.1) is 0 Å². The van der Waals surface area contributed by atoms with Gasteiger partial charge >= 0.3 is 5.97 Å². The fourth-order valence-electron chi connectivity index (χ4n) is 2.34. The van der Waals surface area contributed by atoms with Gasteiger partial charge in [-0.05, 0) is 25.1 Å². The van der Waals surface area contributed by atoms with Gasteiger partial charge < -0.3 is 20.1 Å². The average molecular weight is 264 g/mol. The summed E-state index contributed by atoms with van der Waals surface area (Å²) < 4.78 is 4.74. The van der Waals surface area contributed by atoms with Crippen molar-refractivity contribution < 1.29 is 14.6 Å². The van der Waals surface area contributed by atoms with E-state index in [1.54, 1.807) is 6.07 Å². The molecule has 2 N–H and O–H groups in total. The zero-order valence-corrected chi connectivity index (χ0v) is 11.3. The van der Waals surface area contributed by atoms with Gasteiger partial charge in [0.25, 0.3) is 0 Å². The normalized spacial score (nSPS) is 23.2. The summed E-state index contributed by atoms with van der Waals surface area (Å²) in [6, 6.07) is 7.79. The molecule has 2 unspecified atom stereocenters. The molecule has 1 aromatic rings. The quantitative estimate of drug-likeness (QED) is 0.784. The lowest BCUT2D eigenvalue weighted by molar-refractivity contribution is 0.0600. The maximum absolute atomic E-state index is 11.6. The minimum absolute atomic E-state index is 0.0676. The molecule has 1 saturated heterocycles. The van der Waals surface area contributed by atoms with Gasteiger partial charge in [-0.2, -0.15) is 0 Å². The summed E-state index contributed by atoms with van der Waals surface area (Å²) >= 11 is 0. The maximum atomic E-state index is 11.6. The second-order valence-electron chi connectivity index (χ2n) is 4.83. The summed E-state index contributed by atoms with van der Waals surface area (Å²) in [5, 5.41) is 12.5. The second-order valence-corrected chi connectivity index (χ2v) is 4.83. The van der Waals surface area contributed by atoms with E-state index in [4.69, 9.17) is 4.74 Å². The van der Waals surface area contributed by atoms with Crippen molar-refractivity contribution in [3.8, 4) is 0 Å². The number of nitrogens with one attached hydrogen (secondary N) is 1. The van der Waals surface area contributed by atoms with E-state index in [9.17, 15) is 9.90 Å². The molecule has 2 rings (SSSR count). The molecule has 1 fully saturated rings. The number of methoxy groups -OCH3 is 1. The Morgan fingerprint density at radius 2 is 2.37 bits per heavy atom. The van der Waals surface area contributed by atoms with Crippen LogP contribution in [0.3, 0.4) is 0 Å². The van der Waals surface area contributed by atoms with Crippen LogP contribution in [0.25, 0.3) is 0 Å². The molecular formula is C14H20N2O3. The third-order valence-electron chi connectivity index (χ3n) is 3.47. The predicted molar refractivity (Wildman–Crippen MR) is 73.5 cm³/mol. The number of aliphatic hydroxyl groups excluding tert-OH is 1. The molecular weight excluding hydrogens is 244 g/mol. The standard InChI is InChI=1S/C14H20N2O3/c1-10-7-15-12(9-17)8-16(10)13-5-3-4-11(6-13)14(18)19-2/h3-6,10,12,15,17H,7-9H2,1-2H3. The molecule has 0 saturated carbocycles. The van der Waals surface area contributed by atoms with Gasteiger partial charge in [-0.15, -0.1) is 0 Å². The van der Waals surface area contributed by atoms with Crippen molar-refractivity contribution in [1.29, 1.82) is 0 Å². The third-order valence-corrected chi connectivity index (χ3v) is 3.47. The number of hydrogen-bond acceptors (Lipinski definition) is 5. The molecule has 2 atom stereocenters. The van der Waals surface area contributed by atoms with Gasteiger partial charge in [0.2, 0.25) is 0 Å². The molecule has 1 heterocycles. The summed E-state index contributed by atoms with van der Waals surface area (Å²) in [4.78, 5) is 13.8. The summed E-state index contributed by atoms with van der Waals surface area (Å²) in [5.74, 6) is -0.330. The van der Waals surface area contributed by atoms with Crippen LogP contribution in [-0.2, 0) is 4.74 Å². The first-order valence-electron chi connectivity index (χ1n) is 6.45. The van der Waals surface area contributed by atoms with Crippen LogP contribution in [0.2, 0.25) is 0 Å².